The molecule has 1 saturated carbocycles. The van der Waals surface area contributed by atoms with Crippen LogP contribution >= 0.6 is 0 Å². The van der Waals surface area contributed by atoms with Crippen LogP contribution in [-0.4, -0.2) is 20.2 Å². The highest BCUT2D eigenvalue weighted by atomic mass is 19.1. The predicted molar refractivity (Wildman–Crippen MR) is 97.5 cm³/mol. The van der Waals surface area contributed by atoms with Gasteiger partial charge in [-0.3, -0.25) is 4.98 Å². The summed E-state index contributed by atoms with van der Waals surface area (Å²) < 4.78 is 34.9. The number of nitrogens with zero attached hydrogens (tertiary/aromatic N) is 4. The average molecular weight is 380 g/mol. The van der Waals surface area contributed by atoms with Gasteiger partial charge in [0, 0.05) is 17.8 Å². The van der Waals surface area contributed by atoms with Crippen LogP contribution in [0, 0.1) is 17.0 Å². The van der Waals surface area contributed by atoms with Crippen LogP contribution in [0.1, 0.15) is 43.9 Å². The van der Waals surface area contributed by atoms with Crippen LogP contribution in [0.4, 0.5) is 8.78 Å². The Morgan fingerprint density at radius 3 is 2.61 bits per heavy atom. The number of ether oxygens (including phenoxy) is 1. The first-order valence-electron chi connectivity index (χ1n) is 9.21. The average Bonchev–Trinajstić information content (AvgIpc) is 3.02. The number of halogens is 2. The second-order valence-corrected chi connectivity index (χ2v) is 7.92. The SMILES string of the molecule is CC1(C)[C@H]2CC[C@]1(Oc1cnccn1)c1nnc(-c3c(F)cccc3F)cc12. The maximum Gasteiger partial charge on any atom is 0.233 e. The van der Waals surface area contributed by atoms with E-state index in [0.29, 0.717) is 5.88 Å². The highest BCUT2D eigenvalue weighted by Crippen LogP contribution is 2.67. The molecule has 5 nitrogen and oxygen atoms in total. The standard InChI is InChI=1S/C21H18F2N4O/c1-20(2)13-6-7-21(20,28-17-11-24-8-9-25-17)19-12(13)10-16(26-27-19)18-14(22)4-3-5-15(18)23/h3-5,8-11,13H,6-7H2,1-2H3/t13-,21-/m0/s1. The van der Waals surface area contributed by atoms with E-state index in [-0.39, 0.29) is 22.6 Å². The van der Waals surface area contributed by atoms with Gasteiger partial charge in [-0.15, -0.1) is 5.10 Å². The van der Waals surface area contributed by atoms with Crippen LogP contribution in [0.3, 0.4) is 0 Å². The number of hydrogen-bond donors (Lipinski definition) is 0. The molecule has 0 N–H and O–H groups in total. The molecule has 0 saturated heterocycles. The summed E-state index contributed by atoms with van der Waals surface area (Å²) in [5.41, 5.74) is 0.748. The van der Waals surface area contributed by atoms with Crippen molar-refractivity contribution in [1.29, 1.82) is 0 Å². The highest BCUT2D eigenvalue weighted by molar-refractivity contribution is 5.63. The second-order valence-electron chi connectivity index (χ2n) is 7.92. The molecule has 7 heteroatoms. The molecule has 3 aromatic rings. The van der Waals surface area contributed by atoms with Crippen molar-refractivity contribution in [2.45, 2.75) is 38.2 Å². The third-order valence-electron chi connectivity index (χ3n) is 6.32. The van der Waals surface area contributed by atoms with E-state index in [9.17, 15) is 8.78 Å². The fraction of sp³-hybridized carbons (Fsp3) is 0.333. The number of fused-ring (bicyclic) bond motifs is 5. The summed E-state index contributed by atoms with van der Waals surface area (Å²) in [6, 6.07) is 5.55. The van der Waals surface area contributed by atoms with Crippen LogP contribution in [0.15, 0.2) is 42.9 Å². The first-order valence-corrected chi connectivity index (χ1v) is 9.21. The minimum Gasteiger partial charge on any atom is -0.463 e. The van der Waals surface area contributed by atoms with Crippen molar-refractivity contribution >= 4 is 0 Å². The Kier molecular flexibility index (Phi) is 3.53. The number of hydrogen-bond acceptors (Lipinski definition) is 5. The van der Waals surface area contributed by atoms with E-state index in [1.165, 1.54) is 18.2 Å². The quantitative estimate of drug-likeness (QED) is 0.674. The van der Waals surface area contributed by atoms with Crippen molar-refractivity contribution in [2.24, 2.45) is 5.41 Å². The molecular formula is C21H18F2N4O. The molecule has 0 spiro atoms. The zero-order valence-electron chi connectivity index (χ0n) is 15.5. The third kappa shape index (κ3) is 2.16. The summed E-state index contributed by atoms with van der Waals surface area (Å²) in [5.74, 6) is -0.720. The fourth-order valence-corrected chi connectivity index (χ4v) is 4.88. The molecule has 0 aliphatic heterocycles. The first-order chi connectivity index (χ1) is 13.4. The van der Waals surface area contributed by atoms with Gasteiger partial charge < -0.3 is 4.74 Å². The molecule has 0 unspecified atom stereocenters. The number of rotatable bonds is 3. The van der Waals surface area contributed by atoms with Crippen molar-refractivity contribution in [3.05, 3.63) is 65.7 Å². The van der Waals surface area contributed by atoms with Gasteiger partial charge in [-0.1, -0.05) is 19.9 Å². The van der Waals surface area contributed by atoms with Crippen molar-refractivity contribution in [1.82, 2.24) is 20.2 Å². The summed E-state index contributed by atoms with van der Waals surface area (Å²) in [7, 11) is 0. The Labute approximate surface area is 160 Å². The molecule has 1 fully saturated rings. The van der Waals surface area contributed by atoms with Gasteiger partial charge in [-0.05, 0) is 42.5 Å². The van der Waals surface area contributed by atoms with Crippen molar-refractivity contribution in [3.8, 4) is 17.1 Å². The summed E-state index contributed by atoms with van der Waals surface area (Å²) in [4.78, 5) is 8.32. The van der Waals surface area contributed by atoms with Crippen LogP contribution in [0.25, 0.3) is 11.3 Å². The lowest BCUT2D eigenvalue weighted by Gasteiger charge is -2.37. The van der Waals surface area contributed by atoms with E-state index in [0.717, 1.165) is 24.1 Å². The highest BCUT2D eigenvalue weighted by Gasteiger charge is 2.66. The van der Waals surface area contributed by atoms with Gasteiger partial charge in [0.2, 0.25) is 5.88 Å². The number of benzene rings is 1. The molecule has 0 amide bonds. The zero-order valence-corrected chi connectivity index (χ0v) is 15.5. The van der Waals surface area contributed by atoms with Gasteiger partial charge in [0.15, 0.2) is 5.60 Å². The molecular weight excluding hydrogens is 362 g/mol. The molecule has 2 aliphatic rings. The zero-order chi connectivity index (χ0) is 19.5. The van der Waals surface area contributed by atoms with Gasteiger partial charge in [0.05, 0.1) is 17.5 Å². The molecule has 0 radical (unpaired) electrons. The first kappa shape index (κ1) is 17.2. The molecule has 28 heavy (non-hydrogen) atoms. The molecule has 142 valence electrons. The lowest BCUT2D eigenvalue weighted by atomic mass is 9.77. The molecule has 2 aromatic heterocycles. The second kappa shape index (κ2) is 5.77. The summed E-state index contributed by atoms with van der Waals surface area (Å²) in [6.45, 7) is 4.26. The maximum absolute atomic E-state index is 14.2. The van der Waals surface area contributed by atoms with Crippen molar-refractivity contribution in [3.63, 3.8) is 0 Å². The minimum atomic E-state index is -0.692. The van der Waals surface area contributed by atoms with E-state index in [1.54, 1.807) is 24.7 Å². The topological polar surface area (TPSA) is 60.8 Å². The van der Waals surface area contributed by atoms with E-state index < -0.39 is 17.2 Å². The smallest absolute Gasteiger partial charge is 0.233 e. The van der Waals surface area contributed by atoms with Crippen LogP contribution in [0.2, 0.25) is 0 Å². The van der Waals surface area contributed by atoms with Crippen LogP contribution in [-0.2, 0) is 5.60 Å². The van der Waals surface area contributed by atoms with Gasteiger partial charge in [0.1, 0.15) is 17.3 Å². The molecule has 2 bridgehead atoms. The van der Waals surface area contributed by atoms with Gasteiger partial charge in [-0.25, -0.2) is 13.8 Å². The summed E-state index contributed by atoms with van der Waals surface area (Å²) >= 11 is 0. The fourth-order valence-electron chi connectivity index (χ4n) is 4.88. The minimum absolute atomic E-state index is 0.151. The van der Waals surface area contributed by atoms with Gasteiger partial charge >= 0.3 is 0 Å². The van der Waals surface area contributed by atoms with Crippen LogP contribution < -0.4 is 4.74 Å². The Hall–Kier alpha value is -2.96. The van der Waals surface area contributed by atoms with E-state index in [1.807, 2.05) is 0 Å². The Bertz CT molecular complexity index is 1050. The largest absolute Gasteiger partial charge is 0.463 e. The lowest BCUT2D eigenvalue weighted by molar-refractivity contribution is -0.0230. The molecule has 2 atom stereocenters. The Balaban J connectivity index is 1.65. The maximum atomic E-state index is 14.2. The van der Waals surface area contributed by atoms with E-state index in [2.05, 4.69) is 34.0 Å². The predicted octanol–water partition coefficient (Wildman–Crippen LogP) is 4.40. The van der Waals surface area contributed by atoms with Crippen molar-refractivity contribution < 1.29 is 13.5 Å². The summed E-state index contributed by atoms with van der Waals surface area (Å²) in [5, 5.41) is 8.58. The number of aromatic nitrogens is 4. The van der Waals surface area contributed by atoms with E-state index in [4.69, 9.17) is 4.74 Å². The van der Waals surface area contributed by atoms with Gasteiger partial charge in [-0.2, -0.15) is 5.10 Å². The molecule has 1 aromatic carbocycles. The Morgan fingerprint density at radius 2 is 1.89 bits per heavy atom. The van der Waals surface area contributed by atoms with Crippen molar-refractivity contribution in [2.75, 3.05) is 0 Å². The van der Waals surface area contributed by atoms with Crippen LogP contribution in [0.5, 0.6) is 5.88 Å². The molecule has 5 rings (SSSR count). The molecule has 2 heterocycles. The normalized spacial score (nSPS) is 24.2. The van der Waals surface area contributed by atoms with Gasteiger partial charge in [0.25, 0.3) is 0 Å². The summed E-state index contributed by atoms with van der Waals surface area (Å²) in [6.07, 6.45) is 6.41. The molecule has 2 aliphatic carbocycles. The third-order valence-corrected chi connectivity index (χ3v) is 6.32. The monoisotopic (exact) mass is 380 g/mol. The lowest BCUT2D eigenvalue weighted by Crippen LogP contribution is -2.41. The Morgan fingerprint density at radius 1 is 1.11 bits per heavy atom. The van der Waals surface area contributed by atoms with E-state index >= 15 is 0 Å².